The molecule has 0 bridgehead atoms. The van der Waals surface area contributed by atoms with Crippen LogP contribution in [0.3, 0.4) is 0 Å². The Morgan fingerprint density at radius 2 is 1.43 bits per heavy atom. The molecule has 2 aliphatic heterocycles. The number of hydrogen-bond donors (Lipinski definition) is 0. The standard InChI is InChI=1S/C29H27N5O3/c1-37-24-11-9-23(10-12-24)34-28-25(27(31-34)20-13-16-30-17-14-20)15-19-33(29(28)36)22-7-5-21(6-8-22)32-18-3-2-4-26(32)35/h5-14,16-17H,2-4,15,18-19H2,1H3. The number of carbonyl (C=O) groups excluding carboxylic acids is 2. The quantitative estimate of drug-likeness (QED) is 0.404. The lowest BCUT2D eigenvalue weighted by Gasteiger charge is -2.30. The molecule has 2 aromatic heterocycles. The topological polar surface area (TPSA) is 80.6 Å². The summed E-state index contributed by atoms with van der Waals surface area (Å²) in [6.45, 7) is 1.28. The molecule has 2 aromatic carbocycles. The number of rotatable bonds is 5. The normalized spacial score (nSPS) is 15.6. The van der Waals surface area contributed by atoms with Gasteiger partial charge in [0.15, 0.2) is 0 Å². The average Bonchev–Trinajstić information content (AvgIpc) is 3.35. The highest BCUT2D eigenvalue weighted by Gasteiger charge is 2.33. The van der Waals surface area contributed by atoms with Crippen LogP contribution in [-0.4, -0.2) is 46.8 Å². The predicted octanol–water partition coefficient (Wildman–Crippen LogP) is 4.66. The van der Waals surface area contributed by atoms with Crippen molar-refractivity contribution in [2.75, 3.05) is 30.0 Å². The smallest absolute Gasteiger partial charge is 0.277 e. The summed E-state index contributed by atoms with van der Waals surface area (Å²) in [6, 6.07) is 19.1. The van der Waals surface area contributed by atoms with Crippen molar-refractivity contribution < 1.29 is 14.3 Å². The van der Waals surface area contributed by atoms with Gasteiger partial charge >= 0.3 is 0 Å². The molecule has 37 heavy (non-hydrogen) atoms. The molecule has 8 nitrogen and oxygen atoms in total. The first-order valence-corrected chi connectivity index (χ1v) is 12.5. The third kappa shape index (κ3) is 4.14. The van der Waals surface area contributed by atoms with Gasteiger partial charge in [-0.05, 0) is 79.9 Å². The van der Waals surface area contributed by atoms with Gasteiger partial charge in [-0.25, -0.2) is 4.68 Å². The van der Waals surface area contributed by atoms with Crippen LogP contribution in [0.5, 0.6) is 5.75 Å². The van der Waals surface area contributed by atoms with Crippen LogP contribution in [0.4, 0.5) is 11.4 Å². The highest BCUT2D eigenvalue weighted by atomic mass is 16.5. The molecule has 0 N–H and O–H groups in total. The van der Waals surface area contributed by atoms with Gasteiger partial charge in [0.1, 0.15) is 11.4 Å². The van der Waals surface area contributed by atoms with Gasteiger partial charge in [-0.2, -0.15) is 5.10 Å². The van der Waals surface area contributed by atoms with E-state index in [1.54, 1.807) is 29.1 Å². The molecule has 1 fully saturated rings. The monoisotopic (exact) mass is 493 g/mol. The molecule has 6 rings (SSSR count). The van der Waals surface area contributed by atoms with Crippen LogP contribution in [0.25, 0.3) is 16.9 Å². The van der Waals surface area contributed by atoms with Gasteiger partial charge in [0.2, 0.25) is 5.91 Å². The van der Waals surface area contributed by atoms with Gasteiger partial charge < -0.3 is 14.5 Å². The van der Waals surface area contributed by atoms with Gasteiger partial charge in [0.25, 0.3) is 5.91 Å². The second-order valence-corrected chi connectivity index (χ2v) is 9.25. The van der Waals surface area contributed by atoms with Gasteiger partial charge in [-0.3, -0.25) is 14.6 Å². The lowest BCUT2D eigenvalue weighted by atomic mass is 9.99. The number of aromatic nitrogens is 3. The van der Waals surface area contributed by atoms with Crippen molar-refractivity contribution in [1.82, 2.24) is 14.8 Å². The highest BCUT2D eigenvalue weighted by Crippen LogP contribution is 2.34. The summed E-state index contributed by atoms with van der Waals surface area (Å²) in [4.78, 5) is 34.1. The van der Waals surface area contributed by atoms with Crippen LogP contribution in [0.2, 0.25) is 0 Å². The van der Waals surface area contributed by atoms with Crippen LogP contribution in [-0.2, 0) is 11.2 Å². The van der Waals surface area contributed by atoms with E-state index in [2.05, 4.69) is 4.98 Å². The first-order chi connectivity index (χ1) is 18.1. The molecule has 2 amide bonds. The minimum Gasteiger partial charge on any atom is -0.497 e. The van der Waals surface area contributed by atoms with Crippen molar-refractivity contribution in [3.05, 3.63) is 84.3 Å². The number of fused-ring (bicyclic) bond motifs is 1. The first-order valence-electron chi connectivity index (χ1n) is 12.5. The summed E-state index contributed by atoms with van der Waals surface area (Å²) in [6.07, 6.45) is 6.68. The summed E-state index contributed by atoms with van der Waals surface area (Å²) in [5.74, 6) is 0.788. The summed E-state index contributed by atoms with van der Waals surface area (Å²) in [5.41, 5.74) is 5.66. The molecule has 2 aliphatic rings. The Morgan fingerprint density at radius 1 is 0.757 bits per heavy atom. The van der Waals surface area contributed by atoms with Crippen LogP contribution >= 0.6 is 0 Å². The first kappa shape index (κ1) is 23.0. The lowest BCUT2D eigenvalue weighted by molar-refractivity contribution is -0.119. The Balaban J connectivity index is 1.38. The van der Waals surface area contributed by atoms with E-state index in [0.717, 1.165) is 59.0 Å². The molecule has 0 spiro atoms. The number of methoxy groups -OCH3 is 1. The zero-order chi connectivity index (χ0) is 25.4. The molecule has 8 heteroatoms. The Hall–Kier alpha value is -4.46. The number of amides is 2. The molecular weight excluding hydrogens is 466 g/mol. The predicted molar refractivity (Wildman–Crippen MR) is 141 cm³/mol. The highest BCUT2D eigenvalue weighted by molar-refractivity contribution is 6.08. The van der Waals surface area contributed by atoms with Gasteiger partial charge in [-0.1, -0.05) is 0 Å². The summed E-state index contributed by atoms with van der Waals surface area (Å²) < 4.78 is 7.05. The van der Waals surface area contributed by atoms with Crippen molar-refractivity contribution in [2.24, 2.45) is 0 Å². The molecule has 1 saturated heterocycles. The molecule has 4 aromatic rings. The number of carbonyl (C=O) groups is 2. The van der Waals surface area contributed by atoms with E-state index >= 15 is 0 Å². The summed E-state index contributed by atoms with van der Waals surface area (Å²) >= 11 is 0. The molecule has 0 saturated carbocycles. The average molecular weight is 494 g/mol. The van der Waals surface area contributed by atoms with Crippen molar-refractivity contribution in [1.29, 1.82) is 0 Å². The molecule has 0 unspecified atom stereocenters. The molecule has 4 heterocycles. The van der Waals surface area contributed by atoms with Crippen molar-refractivity contribution in [2.45, 2.75) is 25.7 Å². The Kier molecular flexibility index (Phi) is 5.92. The summed E-state index contributed by atoms with van der Waals surface area (Å²) in [7, 11) is 1.63. The molecular formula is C29H27N5O3. The molecule has 0 aliphatic carbocycles. The minimum absolute atomic E-state index is 0.105. The maximum atomic E-state index is 14.0. The maximum Gasteiger partial charge on any atom is 0.277 e. The number of benzene rings is 2. The van der Waals surface area contributed by atoms with E-state index in [4.69, 9.17) is 9.84 Å². The van der Waals surface area contributed by atoms with Crippen LogP contribution < -0.4 is 14.5 Å². The fraction of sp³-hybridized carbons (Fsp3) is 0.241. The summed E-state index contributed by atoms with van der Waals surface area (Å²) in [5, 5.41) is 4.91. The van der Waals surface area contributed by atoms with E-state index in [1.165, 1.54) is 0 Å². The fourth-order valence-electron chi connectivity index (χ4n) is 5.15. The van der Waals surface area contributed by atoms with Crippen LogP contribution in [0.1, 0.15) is 35.3 Å². The van der Waals surface area contributed by atoms with Crippen molar-refractivity contribution in [3.8, 4) is 22.7 Å². The number of anilines is 2. The van der Waals surface area contributed by atoms with Crippen molar-refractivity contribution in [3.63, 3.8) is 0 Å². The number of nitrogens with zero attached hydrogens (tertiary/aromatic N) is 5. The third-order valence-electron chi connectivity index (χ3n) is 7.08. The Morgan fingerprint density at radius 3 is 2.11 bits per heavy atom. The molecule has 186 valence electrons. The SMILES string of the molecule is COc1ccc(-n2nc(-c3ccncc3)c3c2C(=O)N(c2ccc(N4CCCCC4=O)cc2)CC3)cc1. The lowest BCUT2D eigenvalue weighted by Crippen LogP contribution is -2.39. The van der Waals surface area contributed by atoms with E-state index in [1.807, 2.05) is 65.6 Å². The van der Waals surface area contributed by atoms with Crippen LogP contribution in [0.15, 0.2) is 73.1 Å². The fourth-order valence-corrected chi connectivity index (χ4v) is 5.15. The number of ether oxygens (including phenoxy) is 1. The van der Waals surface area contributed by atoms with E-state index in [0.29, 0.717) is 25.1 Å². The van der Waals surface area contributed by atoms with Gasteiger partial charge in [0, 0.05) is 54.4 Å². The van der Waals surface area contributed by atoms with Crippen LogP contribution in [0, 0.1) is 0 Å². The Bertz CT molecular complexity index is 1450. The largest absolute Gasteiger partial charge is 0.497 e. The van der Waals surface area contributed by atoms with Gasteiger partial charge in [-0.15, -0.1) is 0 Å². The van der Waals surface area contributed by atoms with E-state index in [9.17, 15) is 9.59 Å². The van der Waals surface area contributed by atoms with E-state index in [-0.39, 0.29) is 11.8 Å². The second kappa shape index (κ2) is 9.54. The third-order valence-corrected chi connectivity index (χ3v) is 7.08. The number of pyridine rings is 1. The van der Waals surface area contributed by atoms with Crippen molar-refractivity contribution >= 4 is 23.2 Å². The van der Waals surface area contributed by atoms with E-state index < -0.39 is 0 Å². The Labute approximate surface area is 215 Å². The molecule has 0 radical (unpaired) electrons. The van der Waals surface area contributed by atoms with Gasteiger partial charge in [0.05, 0.1) is 18.5 Å². The number of hydrogen-bond acceptors (Lipinski definition) is 5. The second-order valence-electron chi connectivity index (χ2n) is 9.25. The molecule has 0 atom stereocenters. The zero-order valence-electron chi connectivity index (χ0n) is 20.6. The maximum absolute atomic E-state index is 14.0. The minimum atomic E-state index is -0.105. The number of piperidine rings is 1. The zero-order valence-corrected chi connectivity index (χ0v) is 20.6.